The van der Waals surface area contributed by atoms with E-state index in [0.29, 0.717) is 6.04 Å². The van der Waals surface area contributed by atoms with E-state index in [2.05, 4.69) is 30.2 Å². The largest absolute Gasteiger partial charge is 0.361 e. The summed E-state index contributed by atoms with van der Waals surface area (Å²) in [7, 11) is 0. The summed E-state index contributed by atoms with van der Waals surface area (Å²) >= 11 is 0. The molecule has 1 aliphatic rings. The summed E-state index contributed by atoms with van der Waals surface area (Å²) < 4.78 is 0. The summed E-state index contributed by atoms with van der Waals surface area (Å²) in [4.78, 5) is 3.34. The second-order valence-corrected chi connectivity index (χ2v) is 3.01. The van der Waals surface area contributed by atoms with Gasteiger partial charge < -0.3 is 10.3 Å². The van der Waals surface area contributed by atoms with E-state index in [1.807, 2.05) is 0 Å². The molecular formula is C8H12N2. The van der Waals surface area contributed by atoms with Crippen molar-refractivity contribution >= 4 is 0 Å². The van der Waals surface area contributed by atoms with Crippen molar-refractivity contribution in [2.75, 3.05) is 6.54 Å². The Bertz CT molecular complexity index is 246. The molecule has 54 valence electrons. The van der Waals surface area contributed by atoms with Crippen molar-refractivity contribution in [3.8, 4) is 0 Å². The molecule has 2 nitrogen and oxygen atoms in total. The molecule has 0 spiro atoms. The molecule has 2 heterocycles. The quantitative estimate of drug-likeness (QED) is 0.561. The standard InChI is InChI=1S/C8H12N2/c1-5-3-6(2)10-8(5)7-4-9-7/h3,7,9-10H,4H2,1-2H3/t7-/m1/s1. The van der Waals surface area contributed by atoms with Crippen LogP contribution in [0.3, 0.4) is 0 Å². The second kappa shape index (κ2) is 1.86. The lowest BCUT2D eigenvalue weighted by Gasteiger charge is -1.91. The molecule has 0 amide bonds. The lowest BCUT2D eigenvalue weighted by atomic mass is 10.2. The number of hydrogen-bond acceptors (Lipinski definition) is 1. The van der Waals surface area contributed by atoms with Gasteiger partial charge in [0.2, 0.25) is 0 Å². The first kappa shape index (κ1) is 5.98. The fourth-order valence-corrected chi connectivity index (χ4v) is 1.37. The molecule has 2 N–H and O–H groups in total. The van der Waals surface area contributed by atoms with Crippen LogP contribution in [0, 0.1) is 13.8 Å². The van der Waals surface area contributed by atoms with Gasteiger partial charge in [-0.2, -0.15) is 0 Å². The van der Waals surface area contributed by atoms with Crippen LogP contribution >= 0.6 is 0 Å². The van der Waals surface area contributed by atoms with Crippen LogP contribution in [0.2, 0.25) is 0 Å². The summed E-state index contributed by atoms with van der Waals surface area (Å²) in [6.07, 6.45) is 0. The first-order valence-electron chi connectivity index (χ1n) is 3.67. The van der Waals surface area contributed by atoms with Gasteiger partial charge in [-0.1, -0.05) is 0 Å². The molecule has 1 aliphatic heterocycles. The van der Waals surface area contributed by atoms with Crippen LogP contribution in [-0.4, -0.2) is 11.5 Å². The Balaban J connectivity index is 2.38. The average Bonchev–Trinajstić information content (AvgIpc) is 2.61. The number of hydrogen-bond donors (Lipinski definition) is 2. The maximum atomic E-state index is 3.34. The highest BCUT2D eigenvalue weighted by Crippen LogP contribution is 2.23. The number of rotatable bonds is 1. The molecule has 0 saturated carbocycles. The Morgan fingerprint density at radius 1 is 1.50 bits per heavy atom. The van der Waals surface area contributed by atoms with Gasteiger partial charge >= 0.3 is 0 Å². The number of nitrogens with one attached hydrogen (secondary N) is 2. The van der Waals surface area contributed by atoms with Gasteiger partial charge in [0.25, 0.3) is 0 Å². The SMILES string of the molecule is Cc1cc(C)c([C@H]2CN2)[nH]1. The van der Waals surface area contributed by atoms with Gasteiger partial charge in [-0.05, 0) is 25.5 Å². The van der Waals surface area contributed by atoms with E-state index in [-0.39, 0.29) is 0 Å². The molecule has 1 saturated heterocycles. The average molecular weight is 136 g/mol. The van der Waals surface area contributed by atoms with Crippen molar-refractivity contribution in [3.05, 3.63) is 23.0 Å². The summed E-state index contributed by atoms with van der Waals surface area (Å²) in [5, 5.41) is 3.27. The third kappa shape index (κ3) is 0.847. The summed E-state index contributed by atoms with van der Waals surface area (Å²) in [6.45, 7) is 5.39. The molecule has 0 unspecified atom stereocenters. The molecule has 1 atom stereocenters. The van der Waals surface area contributed by atoms with Crippen molar-refractivity contribution in [2.45, 2.75) is 19.9 Å². The zero-order chi connectivity index (χ0) is 7.14. The fraction of sp³-hybridized carbons (Fsp3) is 0.500. The second-order valence-electron chi connectivity index (χ2n) is 3.01. The van der Waals surface area contributed by atoms with Gasteiger partial charge in [0.15, 0.2) is 0 Å². The number of aromatic nitrogens is 1. The third-order valence-electron chi connectivity index (χ3n) is 1.95. The van der Waals surface area contributed by atoms with Crippen molar-refractivity contribution in [3.63, 3.8) is 0 Å². The molecule has 0 bridgehead atoms. The zero-order valence-corrected chi connectivity index (χ0v) is 6.36. The van der Waals surface area contributed by atoms with E-state index in [0.717, 1.165) is 6.54 Å². The van der Waals surface area contributed by atoms with Gasteiger partial charge in [-0.25, -0.2) is 0 Å². The minimum atomic E-state index is 0.619. The molecule has 1 aromatic heterocycles. The topological polar surface area (TPSA) is 37.7 Å². The van der Waals surface area contributed by atoms with E-state index < -0.39 is 0 Å². The molecule has 10 heavy (non-hydrogen) atoms. The highest BCUT2D eigenvalue weighted by molar-refractivity contribution is 5.29. The van der Waals surface area contributed by atoms with Crippen LogP contribution in [0.15, 0.2) is 6.07 Å². The molecule has 2 heteroatoms. The molecule has 2 rings (SSSR count). The van der Waals surface area contributed by atoms with Crippen molar-refractivity contribution in [1.82, 2.24) is 10.3 Å². The van der Waals surface area contributed by atoms with Crippen LogP contribution in [0.4, 0.5) is 0 Å². The first-order chi connectivity index (χ1) is 4.77. The first-order valence-corrected chi connectivity index (χ1v) is 3.67. The third-order valence-corrected chi connectivity index (χ3v) is 1.95. The summed E-state index contributed by atoms with van der Waals surface area (Å²) in [5.41, 5.74) is 4.02. The van der Waals surface area contributed by atoms with Crippen LogP contribution in [0.1, 0.15) is 23.0 Å². The highest BCUT2D eigenvalue weighted by atomic mass is 15.1. The maximum absolute atomic E-state index is 3.34. The van der Waals surface area contributed by atoms with E-state index >= 15 is 0 Å². The van der Waals surface area contributed by atoms with Crippen LogP contribution < -0.4 is 5.32 Å². The predicted molar refractivity (Wildman–Crippen MR) is 41.0 cm³/mol. The predicted octanol–water partition coefficient (Wildman–Crippen LogP) is 1.28. The molecule has 0 radical (unpaired) electrons. The molecule has 1 fully saturated rings. The van der Waals surface area contributed by atoms with E-state index in [1.165, 1.54) is 17.0 Å². The fourth-order valence-electron chi connectivity index (χ4n) is 1.37. The van der Waals surface area contributed by atoms with Gasteiger partial charge in [-0.15, -0.1) is 0 Å². The molecule has 1 aromatic rings. The van der Waals surface area contributed by atoms with Crippen molar-refractivity contribution in [1.29, 1.82) is 0 Å². The van der Waals surface area contributed by atoms with Gasteiger partial charge in [0, 0.05) is 17.9 Å². The monoisotopic (exact) mass is 136 g/mol. The lowest BCUT2D eigenvalue weighted by Crippen LogP contribution is -1.86. The smallest absolute Gasteiger partial charge is 0.0603 e. The number of aromatic amines is 1. The summed E-state index contributed by atoms with van der Waals surface area (Å²) in [5.74, 6) is 0. The Morgan fingerprint density at radius 2 is 2.20 bits per heavy atom. The van der Waals surface area contributed by atoms with E-state index in [1.54, 1.807) is 0 Å². The lowest BCUT2D eigenvalue weighted by molar-refractivity contribution is 0.988. The van der Waals surface area contributed by atoms with Gasteiger partial charge in [0.1, 0.15) is 0 Å². The van der Waals surface area contributed by atoms with Gasteiger partial charge in [0.05, 0.1) is 6.04 Å². The maximum Gasteiger partial charge on any atom is 0.0603 e. The van der Waals surface area contributed by atoms with Crippen LogP contribution in [-0.2, 0) is 0 Å². The molecule has 0 aliphatic carbocycles. The number of H-pyrrole nitrogens is 1. The minimum Gasteiger partial charge on any atom is -0.361 e. The molecule has 0 aromatic carbocycles. The number of aryl methyl sites for hydroxylation is 2. The van der Waals surface area contributed by atoms with Gasteiger partial charge in [-0.3, -0.25) is 0 Å². The molecular weight excluding hydrogens is 124 g/mol. The van der Waals surface area contributed by atoms with Crippen LogP contribution in [0.25, 0.3) is 0 Å². The zero-order valence-electron chi connectivity index (χ0n) is 6.36. The van der Waals surface area contributed by atoms with E-state index in [9.17, 15) is 0 Å². The van der Waals surface area contributed by atoms with Crippen LogP contribution in [0.5, 0.6) is 0 Å². The Labute approximate surface area is 60.6 Å². The van der Waals surface area contributed by atoms with Crippen molar-refractivity contribution in [2.24, 2.45) is 0 Å². The summed E-state index contributed by atoms with van der Waals surface area (Å²) in [6, 6.07) is 2.81. The minimum absolute atomic E-state index is 0.619. The Hall–Kier alpha value is -0.760. The highest BCUT2D eigenvalue weighted by Gasteiger charge is 2.24. The Morgan fingerprint density at radius 3 is 2.60 bits per heavy atom. The normalized spacial score (nSPS) is 23.2. The van der Waals surface area contributed by atoms with Crippen molar-refractivity contribution < 1.29 is 0 Å². The van der Waals surface area contributed by atoms with E-state index in [4.69, 9.17) is 0 Å². The Kier molecular flexibility index (Phi) is 1.11.